The van der Waals surface area contributed by atoms with E-state index in [4.69, 9.17) is 15.2 Å². The number of nitrogens with one attached hydrogen (secondary N) is 1. The molecule has 0 bridgehead atoms. The summed E-state index contributed by atoms with van der Waals surface area (Å²) in [5.41, 5.74) is 4.97. The first-order valence-electron chi connectivity index (χ1n) is 8.32. The number of hydrogen-bond donors (Lipinski definition) is 2. The first-order valence-corrected chi connectivity index (χ1v) is 8.32. The molecule has 0 saturated carbocycles. The Bertz CT molecular complexity index is 572. The molecule has 2 heterocycles. The fourth-order valence-electron chi connectivity index (χ4n) is 3.21. The number of carbonyl (C=O) groups is 3. The molecule has 3 amide bonds. The summed E-state index contributed by atoms with van der Waals surface area (Å²) in [6, 6.07) is 0. The molecule has 0 radical (unpaired) electrons. The summed E-state index contributed by atoms with van der Waals surface area (Å²) in [6.45, 7) is 9.00. The van der Waals surface area contributed by atoms with Crippen molar-refractivity contribution in [2.75, 3.05) is 13.1 Å². The van der Waals surface area contributed by atoms with Crippen LogP contribution in [0.15, 0.2) is 4.99 Å². The van der Waals surface area contributed by atoms with Crippen molar-refractivity contribution in [3.63, 3.8) is 0 Å². The molecule has 2 fully saturated rings. The van der Waals surface area contributed by atoms with Crippen molar-refractivity contribution in [3.05, 3.63) is 0 Å². The summed E-state index contributed by atoms with van der Waals surface area (Å²) in [5, 5.41) is 2.30. The van der Waals surface area contributed by atoms with E-state index in [1.54, 1.807) is 34.6 Å². The zero-order chi connectivity index (χ0) is 18.9. The van der Waals surface area contributed by atoms with Crippen LogP contribution in [-0.2, 0) is 19.1 Å². The lowest BCUT2D eigenvalue weighted by atomic mass is 9.91. The Balaban J connectivity index is 1.88. The Labute approximate surface area is 146 Å². The van der Waals surface area contributed by atoms with Crippen molar-refractivity contribution in [1.82, 2.24) is 10.2 Å². The van der Waals surface area contributed by atoms with Crippen LogP contribution in [0, 0.1) is 11.8 Å². The number of imide groups is 1. The summed E-state index contributed by atoms with van der Waals surface area (Å²) in [4.78, 5) is 41.6. The molecule has 4 unspecified atom stereocenters. The number of carbonyl (C=O) groups excluding carboxylic acids is 3. The standard InChI is InChI=1S/C16H26N4O5/c1-8-10-11(9(2)24-8)13(22)20(12(10)21)7-6-18-14(17)19-15(23)25-16(3,4)5/h8-11H,6-7H2,1-5H3,(H3,17,18,19,23). The van der Waals surface area contributed by atoms with Gasteiger partial charge in [-0.3, -0.25) is 24.8 Å². The monoisotopic (exact) mass is 354 g/mol. The molecule has 2 aliphatic rings. The highest BCUT2D eigenvalue weighted by atomic mass is 16.6. The average molecular weight is 354 g/mol. The van der Waals surface area contributed by atoms with Gasteiger partial charge in [0.05, 0.1) is 30.6 Å². The Morgan fingerprint density at radius 1 is 1.24 bits per heavy atom. The molecule has 0 aromatic rings. The number of hydrogen-bond acceptors (Lipinski definition) is 6. The maximum Gasteiger partial charge on any atom is 0.414 e. The number of guanidine groups is 1. The van der Waals surface area contributed by atoms with E-state index in [1.807, 2.05) is 0 Å². The number of likely N-dealkylation sites (tertiary alicyclic amines) is 1. The lowest BCUT2D eigenvalue weighted by molar-refractivity contribution is -0.143. The van der Waals surface area contributed by atoms with Gasteiger partial charge in [0.15, 0.2) is 5.96 Å². The highest BCUT2D eigenvalue weighted by molar-refractivity contribution is 6.06. The Kier molecular flexibility index (Phi) is 5.36. The number of nitrogens with two attached hydrogens (primary N) is 1. The number of aliphatic imine (C=N–C) groups is 1. The van der Waals surface area contributed by atoms with Crippen LogP contribution in [0.2, 0.25) is 0 Å². The maximum absolute atomic E-state index is 12.4. The molecular formula is C16H26N4O5. The van der Waals surface area contributed by atoms with Crippen LogP contribution in [0.25, 0.3) is 0 Å². The average Bonchev–Trinajstić information content (AvgIpc) is 2.87. The van der Waals surface area contributed by atoms with E-state index >= 15 is 0 Å². The minimum atomic E-state index is -0.712. The fraction of sp³-hybridized carbons (Fsp3) is 0.750. The van der Waals surface area contributed by atoms with Gasteiger partial charge in [-0.25, -0.2) is 4.79 Å². The van der Waals surface area contributed by atoms with Crippen molar-refractivity contribution in [2.24, 2.45) is 22.6 Å². The van der Waals surface area contributed by atoms with Crippen LogP contribution in [0.4, 0.5) is 4.79 Å². The van der Waals surface area contributed by atoms with Crippen molar-refractivity contribution < 1.29 is 23.9 Å². The molecule has 25 heavy (non-hydrogen) atoms. The third-order valence-corrected chi connectivity index (χ3v) is 4.16. The van der Waals surface area contributed by atoms with Gasteiger partial charge in [-0.05, 0) is 34.6 Å². The quantitative estimate of drug-likeness (QED) is 0.425. The van der Waals surface area contributed by atoms with Crippen LogP contribution in [0.1, 0.15) is 34.6 Å². The molecule has 3 N–H and O–H groups in total. The van der Waals surface area contributed by atoms with Crippen molar-refractivity contribution in [3.8, 4) is 0 Å². The van der Waals surface area contributed by atoms with E-state index in [0.29, 0.717) is 0 Å². The second-order valence-electron chi connectivity index (χ2n) is 7.32. The number of nitrogens with zero attached hydrogens (tertiary/aromatic N) is 2. The topological polar surface area (TPSA) is 123 Å². The molecular weight excluding hydrogens is 328 g/mol. The normalized spacial score (nSPS) is 29.8. The molecule has 2 aliphatic heterocycles. The van der Waals surface area contributed by atoms with Gasteiger partial charge in [-0.1, -0.05) is 0 Å². The van der Waals surface area contributed by atoms with Crippen molar-refractivity contribution in [2.45, 2.75) is 52.4 Å². The number of rotatable bonds is 3. The Morgan fingerprint density at radius 2 is 1.76 bits per heavy atom. The molecule has 0 spiro atoms. The minimum absolute atomic E-state index is 0.0994. The maximum atomic E-state index is 12.4. The van der Waals surface area contributed by atoms with Crippen LogP contribution in [0.3, 0.4) is 0 Å². The fourth-order valence-corrected chi connectivity index (χ4v) is 3.21. The first-order chi connectivity index (χ1) is 11.5. The summed E-state index contributed by atoms with van der Waals surface area (Å²) < 4.78 is 10.6. The molecule has 9 heteroatoms. The molecule has 4 atom stereocenters. The molecule has 140 valence electrons. The molecule has 0 aromatic carbocycles. The predicted molar refractivity (Wildman–Crippen MR) is 89.6 cm³/mol. The summed E-state index contributed by atoms with van der Waals surface area (Å²) in [7, 11) is 0. The van der Waals surface area contributed by atoms with Gasteiger partial charge in [0, 0.05) is 6.54 Å². The van der Waals surface area contributed by atoms with E-state index in [2.05, 4.69) is 10.3 Å². The van der Waals surface area contributed by atoms with Gasteiger partial charge in [0.25, 0.3) is 0 Å². The number of amides is 3. The second kappa shape index (κ2) is 6.99. The summed E-state index contributed by atoms with van der Waals surface area (Å²) >= 11 is 0. The lowest BCUT2D eigenvalue weighted by Gasteiger charge is -2.19. The number of alkyl carbamates (subject to hydrolysis) is 1. The number of fused-ring (bicyclic) bond motifs is 1. The van der Waals surface area contributed by atoms with E-state index in [-0.39, 0.29) is 43.1 Å². The van der Waals surface area contributed by atoms with E-state index < -0.39 is 23.5 Å². The zero-order valence-corrected chi connectivity index (χ0v) is 15.2. The molecule has 2 saturated heterocycles. The predicted octanol–water partition coefficient (Wildman–Crippen LogP) is 0.234. The van der Waals surface area contributed by atoms with Crippen LogP contribution in [-0.4, -0.2) is 59.7 Å². The minimum Gasteiger partial charge on any atom is -0.444 e. The van der Waals surface area contributed by atoms with Gasteiger partial charge >= 0.3 is 6.09 Å². The molecule has 9 nitrogen and oxygen atoms in total. The van der Waals surface area contributed by atoms with Crippen LogP contribution >= 0.6 is 0 Å². The zero-order valence-electron chi connectivity index (χ0n) is 15.2. The van der Waals surface area contributed by atoms with Crippen molar-refractivity contribution >= 4 is 23.9 Å². The third kappa shape index (κ3) is 4.28. The van der Waals surface area contributed by atoms with Gasteiger partial charge in [0.1, 0.15) is 5.60 Å². The SMILES string of the molecule is CC1OC(C)C2C(=O)N(CCN=C(N)NC(=O)OC(C)(C)C)C(=O)C12. The lowest BCUT2D eigenvalue weighted by Crippen LogP contribution is -2.41. The van der Waals surface area contributed by atoms with Gasteiger partial charge in [0.2, 0.25) is 11.8 Å². The molecule has 0 aromatic heterocycles. The Morgan fingerprint density at radius 3 is 2.24 bits per heavy atom. The van der Waals surface area contributed by atoms with Crippen LogP contribution < -0.4 is 11.1 Å². The number of ether oxygens (including phenoxy) is 2. The third-order valence-electron chi connectivity index (χ3n) is 4.16. The van der Waals surface area contributed by atoms with Gasteiger partial charge in [-0.15, -0.1) is 0 Å². The van der Waals surface area contributed by atoms with E-state index in [9.17, 15) is 14.4 Å². The smallest absolute Gasteiger partial charge is 0.414 e. The Hall–Kier alpha value is -2.16. The first kappa shape index (κ1) is 19.2. The van der Waals surface area contributed by atoms with Crippen molar-refractivity contribution in [1.29, 1.82) is 0 Å². The van der Waals surface area contributed by atoms with E-state index in [0.717, 1.165) is 0 Å². The van der Waals surface area contributed by atoms with E-state index in [1.165, 1.54) is 4.90 Å². The molecule has 0 aliphatic carbocycles. The highest BCUT2D eigenvalue weighted by Gasteiger charge is 2.56. The second-order valence-corrected chi connectivity index (χ2v) is 7.32. The van der Waals surface area contributed by atoms with Gasteiger partial charge in [-0.2, -0.15) is 0 Å². The van der Waals surface area contributed by atoms with Crippen LogP contribution in [0.5, 0.6) is 0 Å². The summed E-state index contributed by atoms with van der Waals surface area (Å²) in [6.07, 6.45) is -1.26. The highest BCUT2D eigenvalue weighted by Crippen LogP contribution is 2.39. The molecule has 2 rings (SSSR count). The van der Waals surface area contributed by atoms with Gasteiger partial charge < -0.3 is 15.2 Å². The largest absolute Gasteiger partial charge is 0.444 e. The summed E-state index contributed by atoms with van der Waals surface area (Å²) in [5.74, 6) is -1.45.